The van der Waals surface area contributed by atoms with Gasteiger partial charge >= 0.3 is 5.95 Å². The third kappa shape index (κ3) is 2.97. The van der Waals surface area contributed by atoms with Gasteiger partial charge in [0.05, 0.1) is 12.0 Å². The molecule has 0 aromatic carbocycles. The van der Waals surface area contributed by atoms with Gasteiger partial charge in [-0.25, -0.2) is 5.84 Å². The molecule has 1 aromatic rings. The second-order valence-corrected chi connectivity index (χ2v) is 4.66. The Balaban J connectivity index is 2.95. The number of carbonyl (C=O) groups excluding carboxylic acids is 1. The number of hydrogen-bond acceptors (Lipinski definition) is 6. The Morgan fingerprint density at radius 3 is 2.71 bits per heavy atom. The highest BCUT2D eigenvalue weighted by atomic mass is 79.9. The molecule has 1 aromatic heterocycles. The van der Waals surface area contributed by atoms with E-state index in [2.05, 4.69) is 26.0 Å². The fourth-order valence-electron chi connectivity index (χ4n) is 1.13. The van der Waals surface area contributed by atoms with Gasteiger partial charge in [0.2, 0.25) is 5.91 Å². The van der Waals surface area contributed by atoms with E-state index in [4.69, 9.17) is 5.84 Å². The van der Waals surface area contributed by atoms with E-state index in [1.165, 1.54) is 4.68 Å². The summed E-state index contributed by atoms with van der Waals surface area (Å²) in [6.45, 7) is 3.38. The normalized spacial score (nSPS) is 11.3. The molecule has 0 aliphatic carbocycles. The third-order valence-electron chi connectivity index (χ3n) is 2.07. The summed E-state index contributed by atoms with van der Waals surface area (Å²) in [6, 6.07) is 0. The fraction of sp³-hybridized carbons (Fsp3) is 0.571. The molecule has 10 heteroatoms. The number of rotatable bonds is 4. The molecular weight excluding hydrogens is 296 g/mol. The maximum atomic E-state index is 11.4. The average Bonchev–Trinajstić information content (AvgIpc) is 2.58. The molecule has 1 rings (SSSR count). The molecule has 0 saturated heterocycles. The zero-order valence-electron chi connectivity index (χ0n) is 9.18. The number of carbonyl (C=O) groups is 1. The van der Waals surface area contributed by atoms with Crippen LogP contribution in [0.25, 0.3) is 0 Å². The highest BCUT2D eigenvalue weighted by Crippen LogP contribution is 2.21. The molecule has 1 heterocycles. The zero-order valence-corrected chi connectivity index (χ0v) is 10.8. The molecule has 0 aliphatic heterocycles. The van der Waals surface area contributed by atoms with Crippen molar-refractivity contribution in [1.29, 1.82) is 0 Å². The van der Waals surface area contributed by atoms with Gasteiger partial charge in [-0.1, -0.05) is 0 Å². The molecule has 94 valence electrons. The summed E-state index contributed by atoms with van der Waals surface area (Å²) >= 11 is 3.03. The second-order valence-electron chi connectivity index (χ2n) is 3.95. The molecule has 17 heavy (non-hydrogen) atoms. The lowest BCUT2D eigenvalue weighted by Gasteiger charge is -2.20. The van der Waals surface area contributed by atoms with Gasteiger partial charge in [0.25, 0.3) is 4.73 Å². The van der Waals surface area contributed by atoms with Crippen molar-refractivity contribution in [1.82, 2.24) is 20.2 Å². The van der Waals surface area contributed by atoms with E-state index in [1.807, 2.05) is 5.43 Å². The van der Waals surface area contributed by atoms with Crippen LogP contribution in [0.4, 0.5) is 5.95 Å². The topological polar surface area (TPSA) is 129 Å². The third-order valence-corrected chi connectivity index (χ3v) is 2.66. The van der Waals surface area contributed by atoms with Gasteiger partial charge in [0, 0.05) is 21.0 Å². The van der Waals surface area contributed by atoms with Crippen molar-refractivity contribution in [2.24, 2.45) is 11.3 Å². The molecule has 1 amide bonds. The van der Waals surface area contributed by atoms with Crippen LogP contribution in [-0.2, 0) is 11.3 Å². The van der Waals surface area contributed by atoms with Gasteiger partial charge in [0.1, 0.15) is 0 Å². The molecule has 0 saturated carbocycles. The molecule has 0 spiro atoms. The van der Waals surface area contributed by atoms with Crippen molar-refractivity contribution in [2.75, 3.05) is 0 Å². The first kappa shape index (κ1) is 13.5. The Kier molecular flexibility index (Phi) is 3.78. The Hall–Kier alpha value is -1.55. The molecular formula is C7H11BrN6O3. The van der Waals surface area contributed by atoms with Gasteiger partial charge in [-0.3, -0.25) is 10.2 Å². The first-order valence-electron chi connectivity index (χ1n) is 4.53. The standard InChI is InChI=1S/C7H11BrN6O3/c1-7(2,4(15)11-9)3-13-5(8)10-6(12-13)14(16)17/h3,9H2,1-2H3,(H,11,15). The van der Waals surface area contributed by atoms with Gasteiger partial charge < -0.3 is 10.1 Å². The van der Waals surface area contributed by atoms with Crippen LogP contribution in [0.1, 0.15) is 13.8 Å². The highest BCUT2D eigenvalue weighted by Gasteiger charge is 2.31. The van der Waals surface area contributed by atoms with Crippen molar-refractivity contribution in [3.63, 3.8) is 0 Å². The maximum absolute atomic E-state index is 11.4. The van der Waals surface area contributed by atoms with Crippen molar-refractivity contribution in [3.05, 3.63) is 14.8 Å². The van der Waals surface area contributed by atoms with E-state index in [0.717, 1.165) is 0 Å². The number of nitrogens with one attached hydrogen (secondary N) is 1. The van der Waals surface area contributed by atoms with Crippen LogP contribution in [-0.4, -0.2) is 25.6 Å². The number of nitro groups is 1. The fourth-order valence-corrected chi connectivity index (χ4v) is 1.49. The summed E-state index contributed by atoms with van der Waals surface area (Å²) in [5.41, 5.74) is 1.16. The van der Waals surface area contributed by atoms with Crippen molar-refractivity contribution in [2.45, 2.75) is 20.4 Å². The monoisotopic (exact) mass is 306 g/mol. The Morgan fingerprint density at radius 2 is 2.29 bits per heavy atom. The van der Waals surface area contributed by atoms with E-state index < -0.39 is 22.2 Å². The maximum Gasteiger partial charge on any atom is 0.492 e. The number of hydrogen-bond donors (Lipinski definition) is 2. The Morgan fingerprint density at radius 1 is 1.71 bits per heavy atom. The summed E-state index contributed by atoms with van der Waals surface area (Å²) in [7, 11) is 0. The minimum absolute atomic E-state index is 0.109. The molecule has 3 N–H and O–H groups in total. The first-order valence-corrected chi connectivity index (χ1v) is 5.33. The van der Waals surface area contributed by atoms with Crippen LogP contribution in [0.5, 0.6) is 0 Å². The van der Waals surface area contributed by atoms with Crippen LogP contribution in [0.3, 0.4) is 0 Å². The van der Waals surface area contributed by atoms with Gasteiger partial charge in [-0.15, -0.1) is 0 Å². The van der Waals surface area contributed by atoms with E-state index in [-0.39, 0.29) is 11.3 Å². The van der Waals surface area contributed by atoms with E-state index in [0.29, 0.717) is 0 Å². The summed E-state index contributed by atoms with van der Waals surface area (Å²) < 4.78 is 1.41. The molecule has 0 aliphatic rings. The smallest absolute Gasteiger partial charge is 0.390 e. The van der Waals surface area contributed by atoms with Crippen LogP contribution in [0, 0.1) is 15.5 Å². The van der Waals surface area contributed by atoms with Crippen molar-refractivity contribution < 1.29 is 9.72 Å². The number of halogens is 1. The van der Waals surface area contributed by atoms with E-state index in [1.54, 1.807) is 13.8 Å². The average molecular weight is 307 g/mol. The van der Waals surface area contributed by atoms with Gasteiger partial charge in [0.15, 0.2) is 0 Å². The van der Waals surface area contributed by atoms with Crippen LogP contribution >= 0.6 is 15.9 Å². The van der Waals surface area contributed by atoms with Crippen LogP contribution in [0.15, 0.2) is 4.73 Å². The number of nitrogens with zero attached hydrogens (tertiary/aromatic N) is 4. The minimum Gasteiger partial charge on any atom is -0.390 e. The molecule has 0 fully saturated rings. The van der Waals surface area contributed by atoms with Gasteiger partial charge in [-0.05, 0) is 23.8 Å². The Labute approximate surface area is 105 Å². The quantitative estimate of drug-likeness (QED) is 0.348. The lowest BCUT2D eigenvalue weighted by molar-refractivity contribution is -0.394. The number of aromatic nitrogens is 3. The van der Waals surface area contributed by atoms with E-state index >= 15 is 0 Å². The second kappa shape index (κ2) is 4.75. The van der Waals surface area contributed by atoms with Crippen molar-refractivity contribution >= 4 is 27.8 Å². The van der Waals surface area contributed by atoms with Gasteiger partial charge in [-0.2, -0.15) is 4.68 Å². The molecule has 9 nitrogen and oxygen atoms in total. The Bertz CT molecular complexity index is 456. The highest BCUT2D eigenvalue weighted by molar-refractivity contribution is 9.10. The first-order chi connectivity index (χ1) is 7.77. The molecule has 0 atom stereocenters. The zero-order chi connectivity index (χ0) is 13.2. The molecule has 0 bridgehead atoms. The number of nitrogens with two attached hydrogens (primary N) is 1. The predicted molar refractivity (Wildman–Crippen MR) is 60.5 cm³/mol. The van der Waals surface area contributed by atoms with Crippen LogP contribution < -0.4 is 11.3 Å². The minimum atomic E-state index is -0.862. The largest absolute Gasteiger partial charge is 0.492 e. The SMILES string of the molecule is CC(C)(Cn1nc([N+](=O)[O-])nc1Br)C(=O)NN. The number of hydrazine groups is 1. The summed E-state index contributed by atoms with van der Waals surface area (Å²) in [5.74, 6) is 4.11. The summed E-state index contributed by atoms with van der Waals surface area (Å²) in [5, 5.41) is 14.1. The van der Waals surface area contributed by atoms with Crippen molar-refractivity contribution in [3.8, 4) is 0 Å². The summed E-state index contributed by atoms with van der Waals surface area (Å²) in [6.07, 6.45) is 0. The number of amides is 1. The van der Waals surface area contributed by atoms with E-state index in [9.17, 15) is 14.9 Å². The molecule has 0 radical (unpaired) electrons. The summed E-state index contributed by atoms with van der Waals surface area (Å²) in [4.78, 5) is 24.8. The molecule has 0 unspecified atom stereocenters. The predicted octanol–water partition coefficient (Wildman–Crippen LogP) is -0.0351. The lowest BCUT2D eigenvalue weighted by atomic mass is 9.93. The lowest BCUT2D eigenvalue weighted by Crippen LogP contribution is -2.43. The van der Waals surface area contributed by atoms with Crippen LogP contribution in [0.2, 0.25) is 0 Å².